The summed E-state index contributed by atoms with van der Waals surface area (Å²) < 4.78 is 14.7. The molecule has 5 heterocycles. The van der Waals surface area contributed by atoms with Crippen molar-refractivity contribution >= 4 is 39.2 Å². The molecule has 0 aliphatic carbocycles. The van der Waals surface area contributed by atoms with Gasteiger partial charge in [0.2, 0.25) is 5.91 Å². The smallest absolute Gasteiger partial charge is 0.224 e. The predicted molar refractivity (Wildman–Crippen MR) is 183 cm³/mol. The number of amides is 1. The second kappa shape index (κ2) is 13.3. The third-order valence-electron chi connectivity index (χ3n) is 8.54. The summed E-state index contributed by atoms with van der Waals surface area (Å²) in [6.45, 7) is 3.42. The van der Waals surface area contributed by atoms with Gasteiger partial charge in [-0.15, -0.1) is 0 Å². The van der Waals surface area contributed by atoms with Gasteiger partial charge in [-0.25, -0.2) is 9.37 Å². The van der Waals surface area contributed by atoms with E-state index >= 15 is 0 Å². The summed E-state index contributed by atoms with van der Waals surface area (Å²) in [6, 6.07) is 14.6. The lowest BCUT2D eigenvalue weighted by molar-refractivity contribution is -0.117. The molecule has 1 aliphatic heterocycles. The number of imidazole rings is 1. The lowest BCUT2D eigenvalue weighted by atomic mass is 9.94. The van der Waals surface area contributed by atoms with Gasteiger partial charge in [-0.1, -0.05) is 6.07 Å². The minimum Gasteiger partial charge on any atom is -0.384 e. The minimum atomic E-state index is -0.352. The molecule has 1 saturated heterocycles. The number of nitrogens with one attached hydrogen (secondary N) is 5. The fourth-order valence-corrected chi connectivity index (χ4v) is 6.11. The molecule has 0 bridgehead atoms. The average Bonchev–Trinajstić information content (AvgIpc) is 3.69. The van der Waals surface area contributed by atoms with Gasteiger partial charge in [0.1, 0.15) is 17.0 Å². The normalized spacial score (nSPS) is 13.9. The number of aromatic amines is 2. The number of likely N-dealkylation sites (N-methyl/N-ethyl adjacent to an activating group) is 1. The Labute approximate surface area is 271 Å². The molecule has 6 aromatic rings. The first kappa shape index (κ1) is 30.5. The zero-order valence-electron chi connectivity index (χ0n) is 26.4. The summed E-state index contributed by atoms with van der Waals surface area (Å²) in [5.41, 5.74) is 7.23. The first-order chi connectivity index (χ1) is 22.9. The Hall–Kier alpha value is -5.20. The van der Waals surface area contributed by atoms with E-state index in [0.717, 1.165) is 60.0 Å². The second-order valence-electron chi connectivity index (χ2n) is 12.3. The van der Waals surface area contributed by atoms with Gasteiger partial charge in [0.05, 0.1) is 28.6 Å². The van der Waals surface area contributed by atoms with Gasteiger partial charge in [-0.3, -0.25) is 19.9 Å². The number of pyridine rings is 2. The van der Waals surface area contributed by atoms with Crippen LogP contribution in [0.25, 0.3) is 55.8 Å². The third kappa shape index (κ3) is 6.83. The highest BCUT2D eigenvalue weighted by Crippen LogP contribution is 2.33. The lowest BCUT2D eigenvalue weighted by Crippen LogP contribution is -2.30. The second-order valence-corrected chi connectivity index (χ2v) is 12.3. The standard InChI is InChI=1S/C35H37FN10O/c1-46(2)12-11-39-26-15-23(14-25(36)18-26)32-34-30(7-10-40-32)42-35(43-34)33-28-17-22(3-4-29(28)44-45-33)24-16-27(20-38-19-24)41-31(47)13-21-5-8-37-9-6-21/h3-4,7,10,14-21,37,39H,5-6,8-9,11-13H2,1-2H3,(H,41,47)(H,42,43)(H,44,45). The van der Waals surface area contributed by atoms with E-state index in [9.17, 15) is 9.18 Å². The van der Waals surface area contributed by atoms with E-state index in [2.05, 4.69) is 46.0 Å². The molecule has 1 fully saturated rings. The highest BCUT2D eigenvalue weighted by atomic mass is 19.1. The maximum atomic E-state index is 14.7. The number of nitrogens with zero attached hydrogens (tertiary/aromatic N) is 5. The summed E-state index contributed by atoms with van der Waals surface area (Å²) in [7, 11) is 3.99. The molecule has 0 saturated carbocycles. The van der Waals surface area contributed by atoms with Gasteiger partial charge >= 0.3 is 0 Å². The number of H-pyrrole nitrogens is 2. The number of anilines is 2. The molecule has 240 valence electrons. The fourth-order valence-electron chi connectivity index (χ4n) is 6.11. The van der Waals surface area contributed by atoms with Gasteiger partial charge in [0, 0.05) is 54.1 Å². The van der Waals surface area contributed by atoms with Crippen molar-refractivity contribution in [2.75, 3.05) is 50.9 Å². The van der Waals surface area contributed by atoms with Gasteiger partial charge in [0.25, 0.3) is 0 Å². The lowest BCUT2D eigenvalue weighted by Gasteiger charge is -2.21. The van der Waals surface area contributed by atoms with Gasteiger partial charge in [0.15, 0.2) is 5.82 Å². The quantitative estimate of drug-likeness (QED) is 0.130. The van der Waals surface area contributed by atoms with Crippen LogP contribution in [0.2, 0.25) is 0 Å². The average molecular weight is 633 g/mol. The molecule has 47 heavy (non-hydrogen) atoms. The number of fused-ring (bicyclic) bond motifs is 2. The number of carbonyl (C=O) groups is 1. The molecular formula is C35H37FN10O. The van der Waals surface area contributed by atoms with Crippen LogP contribution in [0, 0.1) is 11.7 Å². The van der Waals surface area contributed by atoms with E-state index in [-0.39, 0.29) is 11.7 Å². The molecule has 12 heteroatoms. The summed E-state index contributed by atoms with van der Waals surface area (Å²) in [6.07, 6.45) is 7.69. The Morgan fingerprint density at radius 1 is 0.957 bits per heavy atom. The van der Waals surface area contributed by atoms with E-state index in [1.807, 2.05) is 50.5 Å². The number of aromatic nitrogens is 6. The Balaban J connectivity index is 1.16. The molecule has 0 radical (unpaired) electrons. The van der Waals surface area contributed by atoms with Crippen LogP contribution in [0.3, 0.4) is 0 Å². The van der Waals surface area contributed by atoms with Crippen molar-refractivity contribution in [3.8, 4) is 33.9 Å². The third-order valence-corrected chi connectivity index (χ3v) is 8.54. The molecule has 0 unspecified atom stereocenters. The summed E-state index contributed by atoms with van der Waals surface area (Å²) in [5.74, 6) is 0.628. The monoisotopic (exact) mass is 632 g/mol. The van der Waals surface area contributed by atoms with Crippen molar-refractivity contribution in [3.63, 3.8) is 0 Å². The fraction of sp³-hybridized carbons (Fsp3) is 0.286. The Morgan fingerprint density at radius 3 is 2.66 bits per heavy atom. The van der Waals surface area contributed by atoms with Gasteiger partial charge in [-0.2, -0.15) is 5.10 Å². The van der Waals surface area contributed by atoms with E-state index in [1.165, 1.54) is 12.1 Å². The zero-order valence-corrected chi connectivity index (χ0v) is 26.4. The minimum absolute atomic E-state index is 0.0113. The molecule has 1 amide bonds. The number of hydrogen-bond acceptors (Lipinski definition) is 8. The highest BCUT2D eigenvalue weighted by Gasteiger charge is 2.19. The molecule has 0 spiro atoms. The van der Waals surface area contributed by atoms with Crippen LogP contribution in [-0.4, -0.2) is 81.2 Å². The number of hydrogen-bond donors (Lipinski definition) is 5. The van der Waals surface area contributed by atoms with Crippen LogP contribution in [0.15, 0.2) is 67.1 Å². The summed E-state index contributed by atoms with van der Waals surface area (Å²) in [4.78, 5) is 32.1. The first-order valence-electron chi connectivity index (χ1n) is 15.9. The van der Waals surface area contributed by atoms with Crippen molar-refractivity contribution in [1.29, 1.82) is 0 Å². The van der Waals surface area contributed by atoms with Crippen LogP contribution in [-0.2, 0) is 4.79 Å². The van der Waals surface area contributed by atoms with Crippen molar-refractivity contribution in [1.82, 2.24) is 40.3 Å². The SMILES string of the molecule is CN(C)CCNc1cc(F)cc(-c2nccc3[nH]c(-c4n[nH]c5ccc(-c6cncc(NC(=O)CC7CCNCC7)c6)cc45)nc23)c1. The Kier molecular flexibility index (Phi) is 8.60. The van der Waals surface area contributed by atoms with Crippen molar-refractivity contribution < 1.29 is 9.18 Å². The maximum absolute atomic E-state index is 14.7. The van der Waals surface area contributed by atoms with E-state index in [4.69, 9.17) is 4.98 Å². The van der Waals surface area contributed by atoms with Crippen LogP contribution in [0.4, 0.5) is 15.8 Å². The predicted octanol–water partition coefficient (Wildman–Crippen LogP) is 5.67. The van der Waals surface area contributed by atoms with Crippen molar-refractivity contribution in [2.45, 2.75) is 19.3 Å². The molecule has 1 aliphatic rings. The van der Waals surface area contributed by atoms with Crippen LogP contribution >= 0.6 is 0 Å². The zero-order chi connectivity index (χ0) is 32.3. The van der Waals surface area contributed by atoms with E-state index < -0.39 is 0 Å². The topological polar surface area (TPSA) is 140 Å². The van der Waals surface area contributed by atoms with E-state index in [1.54, 1.807) is 18.6 Å². The van der Waals surface area contributed by atoms with E-state index in [0.29, 0.717) is 58.6 Å². The summed E-state index contributed by atoms with van der Waals surface area (Å²) >= 11 is 0. The molecular weight excluding hydrogens is 595 g/mol. The molecule has 7 rings (SSSR count). The van der Waals surface area contributed by atoms with Crippen molar-refractivity contribution in [3.05, 3.63) is 72.9 Å². The molecule has 0 atom stereocenters. The molecule has 5 N–H and O–H groups in total. The number of rotatable bonds is 10. The van der Waals surface area contributed by atoms with Crippen LogP contribution < -0.4 is 16.0 Å². The molecule has 11 nitrogen and oxygen atoms in total. The molecule has 2 aromatic carbocycles. The summed E-state index contributed by atoms with van der Waals surface area (Å²) in [5, 5.41) is 18.2. The number of benzene rings is 2. The Morgan fingerprint density at radius 2 is 1.81 bits per heavy atom. The van der Waals surface area contributed by atoms with Crippen molar-refractivity contribution in [2.24, 2.45) is 5.92 Å². The number of carbonyl (C=O) groups excluding carboxylic acids is 1. The Bertz CT molecular complexity index is 2050. The maximum Gasteiger partial charge on any atom is 0.224 e. The van der Waals surface area contributed by atoms with Crippen LogP contribution in [0.5, 0.6) is 0 Å². The van der Waals surface area contributed by atoms with Gasteiger partial charge in [-0.05, 0) is 94.0 Å². The number of halogens is 1. The highest BCUT2D eigenvalue weighted by molar-refractivity contribution is 5.98. The molecule has 4 aromatic heterocycles. The van der Waals surface area contributed by atoms with Gasteiger partial charge < -0.3 is 25.8 Å². The number of piperidine rings is 1. The van der Waals surface area contributed by atoms with Crippen LogP contribution in [0.1, 0.15) is 19.3 Å². The first-order valence-corrected chi connectivity index (χ1v) is 15.9. The largest absolute Gasteiger partial charge is 0.384 e.